The number of aromatic amines is 2. The van der Waals surface area contributed by atoms with Crippen LogP contribution in [0.25, 0.3) is 0 Å². The van der Waals surface area contributed by atoms with Crippen molar-refractivity contribution < 1.29 is 38.2 Å². The van der Waals surface area contributed by atoms with Crippen LogP contribution in [0.2, 0.25) is 0 Å². The molecule has 0 radical (unpaired) electrons. The highest BCUT2D eigenvalue weighted by Crippen LogP contribution is 2.15. The van der Waals surface area contributed by atoms with Crippen molar-refractivity contribution >= 4 is 27.5 Å². The summed E-state index contributed by atoms with van der Waals surface area (Å²) in [6.07, 6.45) is -5.01. The maximum absolute atomic E-state index is 12.4. The molecule has 1 amide bonds. The summed E-state index contributed by atoms with van der Waals surface area (Å²) in [5.41, 5.74) is -2.52. The molecule has 31 heavy (non-hydrogen) atoms. The molecular weight excluding hydrogens is 440 g/mol. The normalized spacial score (nSPS) is 14.5. The zero-order valence-corrected chi connectivity index (χ0v) is 16.5. The molecule has 0 unspecified atom stereocenters. The number of hydrogen-bond acceptors (Lipinski definition) is 10. The Morgan fingerprint density at radius 2 is 1.65 bits per heavy atom. The number of amides is 1. The van der Waals surface area contributed by atoms with Crippen molar-refractivity contribution in [2.75, 3.05) is 23.8 Å². The second-order valence-electron chi connectivity index (χ2n) is 6.30. The Morgan fingerprint density at radius 1 is 1.03 bits per heavy atom. The number of benzene rings is 1. The van der Waals surface area contributed by atoms with Crippen molar-refractivity contribution in [1.82, 2.24) is 9.97 Å². The van der Waals surface area contributed by atoms with Crippen LogP contribution in [0.3, 0.4) is 0 Å². The van der Waals surface area contributed by atoms with Crippen molar-refractivity contribution in [2.45, 2.75) is 23.2 Å². The van der Waals surface area contributed by atoms with E-state index in [2.05, 4.69) is 15.6 Å². The Hall–Kier alpha value is -3.08. The van der Waals surface area contributed by atoms with Crippen LogP contribution in [0.4, 0.5) is 11.5 Å². The SMILES string of the molecule is O=C(Nc1c(NC[C@H](O)[C@H](O)[C@H](O)CO)[nH]c(=O)[nH]c1=O)c1ccc(S(=O)(=O)O)cc1. The first-order chi connectivity index (χ1) is 14.4. The van der Waals surface area contributed by atoms with Crippen LogP contribution in [0.15, 0.2) is 38.8 Å². The van der Waals surface area contributed by atoms with Crippen LogP contribution in [0, 0.1) is 0 Å². The smallest absolute Gasteiger partial charge is 0.327 e. The minimum absolute atomic E-state index is 0.0922. The van der Waals surface area contributed by atoms with Gasteiger partial charge in [-0.3, -0.25) is 24.1 Å². The molecule has 0 bridgehead atoms. The number of aliphatic hydroxyl groups is 4. The summed E-state index contributed by atoms with van der Waals surface area (Å²) >= 11 is 0. The van der Waals surface area contributed by atoms with Crippen molar-refractivity contribution in [3.05, 3.63) is 50.7 Å². The Labute approximate surface area is 174 Å². The largest absolute Gasteiger partial charge is 0.394 e. The molecular formula is C16H20N4O10S. The third-order valence-corrected chi connectivity index (χ3v) is 4.93. The predicted molar refractivity (Wildman–Crippen MR) is 105 cm³/mol. The molecule has 2 aromatic rings. The second-order valence-corrected chi connectivity index (χ2v) is 7.72. The Balaban J connectivity index is 2.24. The van der Waals surface area contributed by atoms with E-state index >= 15 is 0 Å². The molecule has 0 saturated carbocycles. The number of carbonyl (C=O) groups is 1. The highest BCUT2D eigenvalue weighted by atomic mass is 32.2. The van der Waals surface area contributed by atoms with E-state index in [1.54, 1.807) is 0 Å². The molecule has 15 heteroatoms. The molecule has 14 nitrogen and oxygen atoms in total. The van der Waals surface area contributed by atoms with Gasteiger partial charge in [0.05, 0.1) is 17.6 Å². The molecule has 3 atom stereocenters. The Morgan fingerprint density at radius 3 is 2.19 bits per heavy atom. The predicted octanol–water partition coefficient (Wildman–Crippen LogP) is -2.95. The minimum Gasteiger partial charge on any atom is -0.394 e. The summed E-state index contributed by atoms with van der Waals surface area (Å²) in [5.74, 6) is -1.21. The topological polar surface area (TPSA) is 242 Å². The monoisotopic (exact) mass is 460 g/mol. The minimum atomic E-state index is -4.47. The molecule has 2 rings (SSSR count). The molecule has 170 valence electrons. The summed E-state index contributed by atoms with van der Waals surface area (Å²) in [4.78, 5) is 39.7. The quantitative estimate of drug-likeness (QED) is 0.171. The number of H-pyrrole nitrogens is 2. The van der Waals surface area contributed by atoms with E-state index in [-0.39, 0.29) is 11.4 Å². The lowest BCUT2D eigenvalue weighted by Gasteiger charge is -2.22. The lowest BCUT2D eigenvalue weighted by atomic mass is 10.1. The average Bonchev–Trinajstić information content (AvgIpc) is 2.72. The third-order valence-electron chi connectivity index (χ3n) is 4.06. The van der Waals surface area contributed by atoms with E-state index in [1.165, 1.54) is 0 Å². The number of hydrogen-bond donors (Lipinski definition) is 9. The summed E-state index contributed by atoms with van der Waals surface area (Å²) < 4.78 is 31.1. The molecule has 1 heterocycles. The van der Waals surface area contributed by atoms with Gasteiger partial charge in [-0.15, -0.1) is 0 Å². The van der Waals surface area contributed by atoms with E-state index in [9.17, 15) is 38.1 Å². The van der Waals surface area contributed by atoms with E-state index in [0.29, 0.717) is 0 Å². The zero-order valence-electron chi connectivity index (χ0n) is 15.6. The van der Waals surface area contributed by atoms with Gasteiger partial charge in [0.2, 0.25) is 0 Å². The highest BCUT2D eigenvalue weighted by molar-refractivity contribution is 7.85. The zero-order chi connectivity index (χ0) is 23.3. The van der Waals surface area contributed by atoms with Gasteiger partial charge in [-0.05, 0) is 24.3 Å². The molecule has 0 fully saturated rings. The van der Waals surface area contributed by atoms with Crippen LogP contribution in [-0.2, 0) is 10.1 Å². The molecule has 0 saturated heterocycles. The summed E-state index contributed by atoms with van der Waals surface area (Å²) in [6.45, 7) is -1.32. The summed E-state index contributed by atoms with van der Waals surface area (Å²) in [5, 5.41) is 42.3. The van der Waals surface area contributed by atoms with Crippen LogP contribution >= 0.6 is 0 Å². The van der Waals surface area contributed by atoms with Crippen LogP contribution < -0.4 is 21.9 Å². The fourth-order valence-corrected chi connectivity index (χ4v) is 2.87. The van der Waals surface area contributed by atoms with Gasteiger partial charge in [0.15, 0.2) is 0 Å². The van der Waals surface area contributed by atoms with Gasteiger partial charge in [-0.1, -0.05) is 0 Å². The molecule has 1 aromatic heterocycles. The molecule has 9 N–H and O–H groups in total. The van der Waals surface area contributed by atoms with Gasteiger partial charge < -0.3 is 31.1 Å². The first-order valence-corrected chi connectivity index (χ1v) is 10.0. The average molecular weight is 460 g/mol. The van der Waals surface area contributed by atoms with Gasteiger partial charge in [0.1, 0.15) is 23.7 Å². The molecule has 0 aliphatic heterocycles. The van der Waals surface area contributed by atoms with Crippen molar-refractivity contribution in [3.63, 3.8) is 0 Å². The maximum Gasteiger partial charge on any atom is 0.327 e. The third kappa shape index (κ3) is 6.20. The number of carbonyl (C=O) groups excluding carboxylic acids is 1. The number of aromatic nitrogens is 2. The first kappa shape index (κ1) is 24.2. The van der Waals surface area contributed by atoms with Gasteiger partial charge >= 0.3 is 5.69 Å². The summed E-state index contributed by atoms with van der Waals surface area (Å²) in [6, 6.07) is 4.07. The molecule has 0 aliphatic rings. The lowest BCUT2D eigenvalue weighted by molar-refractivity contribution is -0.0715. The van der Waals surface area contributed by atoms with Crippen molar-refractivity contribution in [2.24, 2.45) is 0 Å². The Bertz CT molecular complexity index is 1140. The number of aliphatic hydroxyl groups excluding tert-OH is 4. The number of rotatable bonds is 9. The van der Waals surface area contributed by atoms with Gasteiger partial charge in [-0.25, -0.2) is 4.79 Å². The molecule has 0 aliphatic carbocycles. The molecule has 1 aromatic carbocycles. The van der Waals surface area contributed by atoms with E-state index in [0.717, 1.165) is 24.3 Å². The number of nitrogens with one attached hydrogen (secondary N) is 4. The van der Waals surface area contributed by atoms with Crippen molar-refractivity contribution in [3.8, 4) is 0 Å². The lowest BCUT2D eigenvalue weighted by Crippen LogP contribution is -2.43. The fourth-order valence-electron chi connectivity index (χ4n) is 2.39. The second kappa shape index (κ2) is 9.82. The standard InChI is InChI=1S/C16H20N4O10S/c21-6-10(23)12(24)9(22)5-17-13-11(15(26)20-16(27)19-13)18-14(25)7-1-3-8(4-2-7)31(28,29)30/h1-4,9-10,12,21-24H,5-6H2,(H,18,25)(H,28,29,30)(H3,17,19,20,26,27)/t9-,10+,12-/m0/s1. The van der Waals surface area contributed by atoms with Crippen LogP contribution in [0.5, 0.6) is 0 Å². The van der Waals surface area contributed by atoms with Crippen LogP contribution in [0.1, 0.15) is 10.4 Å². The first-order valence-electron chi connectivity index (χ1n) is 8.58. The summed E-state index contributed by atoms with van der Waals surface area (Å²) in [7, 11) is -4.47. The van der Waals surface area contributed by atoms with Gasteiger partial charge in [0, 0.05) is 12.1 Å². The van der Waals surface area contributed by atoms with Gasteiger partial charge in [-0.2, -0.15) is 8.42 Å². The maximum atomic E-state index is 12.4. The molecule has 0 spiro atoms. The fraction of sp³-hybridized carbons (Fsp3) is 0.312. The van der Waals surface area contributed by atoms with E-state index in [1.807, 2.05) is 4.98 Å². The van der Waals surface area contributed by atoms with Gasteiger partial charge in [0.25, 0.3) is 21.6 Å². The number of anilines is 2. The van der Waals surface area contributed by atoms with Crippen molar-refractivity contribution in [1.29, 1.82) is 0 Å². The van der Waals surface area contributed by atoms with E-state index in [4.69, 9.17) is 9.66 Å². The van der Waals surface area contributed by atoms with Crippen LogP contribution in [-0.4, -0.2) is 80.7 Å². The highest BCUT2D eigenvalue weighted by Gasteiger charge is 2.24. The van der Waals surface area contributed by atoms with E-state index < -0.39 is 69.3 Å². The Kier molecular flexibility index (Phi) is 7.66.